The average molecular weight is 272 g/mol. The molecular formula is C18H24O2. The summed E-state index contributed by atoms with van der Waals surface area (Å²) in [5.41, 5.74) is 3.41. The Balaban J connectivity index is 2.27. The van der Waals surface area contributed by atoms with Crippen LogP contribution in [0.3, 0.4) is 0 Å². The van der Waals surface area contributed by atoms with Gasteiger partial charge < -0.3 is 5.11 Å². The maximum atomic E-state index is 11.1. The number of aliphatic carboxylic acids is 1. The molecule has 1 aliphatic rings. The molecule has 2 heteroatoms. The number of benzene rings is 1. The number of allylic oxidation sites excluding steroid dienone is 1. The molecule has 2 rings (SSSR count). The highest BCUT2D eigenvalue weighted by Gasteiger charge is 2.21. The lowest BCUT2D eigenvalue weighted by Gasteiger charge is -2.16. The molecule has 1 fully saturated rings. The first-order chi connectivity index (χ1) is 9.61. The second kappa shape index (κ2) is 6.74. The van der Waals surface area contributed by atoms with E-state index in [2.05, 4.69) is 38.1 Å². The molecule has 1 atom stereocenters. The molecule has 0 spiro atoms. The number of hydrogen-bond donors (Lipinski definition) is 1. The standard InChI is InChI=1S/C18H24O2/c1-3-13(2)14-8-10-16(11-9-14)17(12-18(19)20)15-6-4-5-7-15/h8-13,15H,3-7H2,1-2H3,(H,19,20)/b17-12+. The molecule has 1 unspecified atom stereocenters. The first kappa shape index (κ1) is 14.8. The second-order valence-electron chi connectivity index (χ2n) is 5.85. The Bertz CT molecular complexity index is 479. The lowest BCUT2D eigenvalue weighted by Crippen LogP contribution is -2.02. The zero-order valence-corrected chi connectivity index (χ0v) is 12.4. The Hall–Kier alpha value is -1.57. The van der Waals surface area contributed by atoms with Crippen molar-refractivity contribution in [1.29, 1.82) is 0 Å². The van der Waals surface area contributed by atoms with Gasteiger partial charge in [0.05, 0.1) is 0 Å². The molecule has 0 heterocycles. The van der Waals surface area contributed by atoms with Gasteiger partial charge in [0.1, 0.15) is 0 Å². The fourth-order valence-corrected chi connectivity index (χ4v) is 3.05. The molecule has 1 aromatic carbocycles. The monoisotopic (exact) mass is 272 g/mol. The van der Waals surface area contributed by atoms with E-state index in [-0.39, 0.29) is 0 Å². The Morgan fingerprint density at radius 3 is 2.40 bits per heavy atom. The maximum absolute atomic E-state index is 11.1. The lowest BCUT2D eigenvalue weighted by atomic mass is 9.89. The smallest absolute Gasteiger partial charge is 0.328 e. The van der Waals surface area contributed by atoms with Gasteiger partial charge in [0.2, 0.25) is 0 Å². The molecule has 1 saturated carbocycles. The molecule has 0 radical (unpaired) electrons. The predicted octanol–water partition coefficient (Wildman–Crippen LogP) is 4.86. The molecule has 20 heavy (non-hydrogen) atoms. The van der Waals surface area contributed by atoms with Crippen LogP contribution in [0.5, 0.6) is 0 Å². The minimum atomic E-state index is -0.835. The Labute approximate surface area is 121 Å². The van der Waals surface area contributed by atoms with E-state index >= 15 is 0 Å². The van der Waals surface area contributed by atoms with Crippen molar-refractivity contribution in [3.8, 4) is 0 Å². The van der Waals surface area contributed by atoms with Crippen molar-refractivity contribution in [2.24, 2.45) is 5.92 Å². The van der Waals surface area contributed by atoms with Gasteiger partial charge in [-0.2, -0.15) is 0 Å². The Kier molecular flexibility index (Phi) is 4.99. The van der Waals surface area contributed by atoms with Gasteiger partial charge >= 0.3 is 5.97 Å². The quantitative estimate of drug-likeness (QED) is 0.777. The summed E-state index contributed by atoms with van der Waals surface area (Å²) in [6, 6.07) is 8.48. The zero-order valence-electron chi connectivity index (χ0n) is 12.4. The van der Waals surface area contributed by atoms with Crippen molar-refractivity contribution in [2.45, 2.75) is 51.9 Å². The number of carboxylic acid groups (broad SMARTS) is 1. The van der Waals surface area contributed by atoms with Crippen LogP contribution in [0.25, 0.3) is 5.57 Å². The number of rotatable bonds is 5. The normalized spacial score (nSPS) is 18.2. The molecule has 0 amide bonds. The van der Waals surface area contributed by atoms with E-state index in [1.54, 1.807) is 0 Å². The summed E-state index contributed by atoms with van der Waals surface area (Å²) < 4.78 is 0. The number of carboxylic acids is 1. The van der Waals surface area contributed by atoms with E-state index in [0.29, 0.717) is 11.8 Å². The van der Waals surface area contributed by atoms with Crippen LogP contribution in [0.15, 0.2) is 30.3 Å². The van der Waals surface area contributed by atoms with E-state index in [9.17, 15) is 4.79 Å². The van der Waals surface area contributed by atoms with Crippen LogP contribution in [0.4, 0.5) is 0 Å². The van der Waals surface area contributed by atoms with Crippen molar-refractivity contribution in [2.75, 3.05) is 0 Å². The molecule has 0 aliphatic heterocycles. The van der Waals surface area contributed by atoms with Gasteiger partial charge in [0.25, 0.3) is 0 Å². The topological polar surface area (TPSA) is 37.3 Å². The summed E-state index contributed by atoms with van der Waals surface area (Å²) in [6.07, 6.45) is 7.20. The molecule has 108 valence electrons. The fraction of sp³-hybridized carbons (Fsp3) is 0.500. The highest BCUT2D eigenvalue weighted by Crippen LogP contribution is 2.37. The molecular weight excluding hydrogens is 248 g/mol. The van der Waals surface area contributed by atoms with Gasteiger partial charge in [-0.05, 0) is 47.8 Å². The third kappa shape index (κ3) is 3.50. The first-order valence-electron chi connectivity index (χ1n) is 7.66. The fourth-order valence-electron chi connectivity index (χ4n) is 3.05. The third-order valence-electron chi connectivity index (χ3n) is 4.50. The van der Waals surface area contributed by atoms with E-state index in [4.69, 9.17) is 5.11 Å². The van der Waals surface area contributed by atoms with Crippen LogP contribution < -0.4 is 0 Å². The molecule has 1 aliphatic carbocycles. The summed E-state index contributed by atoms with van der Waals surface area (Å²) in [6.45, 7) is 4.41. The van der Waals surface area contributed by atoms with Crippen LogP contribution in [0.2, 0.25) is 0 Å². The lowest BCUT2D eigenvalue weighted by molar-refractivity contribution is -0.131. The van der Waals surface area contributed by atoms with Gasteiger partial charge in [-0.15, -0.1) is 0 Å². The summed E-state index contributed by atoms with van der Waals surface area (Å²) in [4.78, 5) is 11.1. The van der Waals surface area contributed by atoms with Gasteiger partial charge in [-0.25, -0.2) is 4.79 Å². The van der Waals surface area contributed by atoms with Crippen LogP contribution in [-0.4, -0.2) is 11.1 Å². The highest BCUT2D eigenvalue weighted by atomic mass is 16.4. The predicted molar refractivity (Wildman–Crippen MR) is 82.7 cm³/mol. The molecule has 1 aromatic rings. The summed E-state index contributed by atoms with van der Waals surface area (Å²) >= 11 is 0. The van der Waals surface area contributed by atoms with E-state index in [1.807, 2.05) is 0 Å². The van der Waals surface area contributed by atoms with Crippen molar-refractivity contribution < 1.29 is 9.90 Å². The molecule has 0 bridgehead atoms. The first-order valence-corrected chi connectivity index (χ1v) is 7.66. The SMILES string of the molecule is CCC(C)c1ccc(/C(=C/C(=O)O)C2CCCC2)cc1. The van der Waals surface area contributed by atoms with Gasteiger partial charge in [-0.1, -0.05) is 51.0 Å². The number of hydrogen-bond acceptors (Lipinski definition) is 1. The van der Waals surface area contributed by atoms with Crippen LogP contribution in [0.1, 0.15) is 63.0 Å². The minimum Gasteiger partial charge on any atom is -0.478 e. The summed E-state index contributed by atoms with van der Waals surface area (Å²) in [5.74, 6) is 0.140. The van der Waals surface area contributed by atoms with E-state index in [0.717, 1.165) is 30.4 Å². The second-order valence-corrected chi connectivity index (χ2v) is 5.85. The largest absolute Gasteiger partial charge is 0.478 e. The third-order valence-corrected chi connectivity index (χ3v) is 4.50. The molecule has 0 saturated heterocycles. The zero-order chi connectivity index (χ0) is 14.5. The van der Waals surface area contributed by atoms with Crippen molar-refractivity contribution >= 4 is 11.5 Å². The number of carbonyl (C=O) groups is 1. The molecule has 1 N–H and O–H groups in total. The molecule has 2 nitrogen and oxygen atoms in total. The van der Waals surface area contributed by atoms with E-state index in [1.165, 1.54) is 24.5 Å². The van der Waals surface area contributed by atoms with Crippen LogP contribution in [-0.2, 0) is 4.79 Å². The van der Waals surface area contributed by atoms with Crippen molar-refractivity contribution in [3.05, 3.63) is 41.5 Å². The minimum absolute atomic E-state index is 0.417. The highest BCUT2D eigenvalue weighted by molar-refractivity contribution is 5.90. The summed E-state index contributed by atoms with van der Waals surface area (Å²) in [7, 11) is 0. The molecule has 0 aromatic heterocycles. The van der Waals surface area contributed by atoms with Crippen molar-refractivity contribution in [3.63, 3.8) is 0 Å². The van der Waals surface area contributed by atoms with Gasteiger partial charge in [-0.3, -0.25) is 0 Å². The van der Waals surface area contributed by atoms with Crippen LogP contribution >= 0.6 is 0 Å². The van der Waals surface area contributed by atoms with E-state index < -0.39 is 5.97 Å². The Morgan fingerprint density at radius 2 is 1.90 bits per heavy atom. The summed E-state index contributed by atoms with van der Waals surface area (Å²) in [5, 5.41) is 9.11. The van der Waals surface area contributed by atoms with Crippen molar-refractivity contribution in [1.82, 2.24) is 0 Å². The Morgan fingerprint density at radius 1 is 1.30 bits per heavy atom. The van der Waals surface area contributed by atoms with Gasteiger partial charge in [0.15, 0.2) is 0 Å². The van der Waals surface area contributed by atoms with Crippen LogP contribution in [0, 0.1) is 5.92 Å². The van der Waals surface area contributed by atoms with Gasteiger partial charge in [0, 0.05) is 6.08 Å². The maximum Gasteiger partial charge on any atom is 0.328 e. The average Bonchev–Trinajstić information content (AvgIpc) is 2.98.